The van der Waals surface area contributed by atoms with E-state index in [1.807, 2.05) is 21.6 Å². The topological polar surface area (TPSA) is 99.5 Å². The van der Waals surface area contributed by atoms with E-state index in [0.717, 1.165) is 56.2 Å². The van der Waals surface area contributed by atoms with E-state index in [2.05, 4.69) is 30.8 Å². The van der Waals surface area contributed by atoms with Crippen molar-refractivity contribution < 1.29 is 4.52 Å². The lowest BCUT2D eigenvalue weighted by molar-refractivity contribution is 0.337. The fraction of sp³-hybridized carbons (Fsp3) is 0.611. The molecule has 1 aliphatic carbocycles. The van der Waals surface area contributed by atoms with Crippen LogP contribution in [-0.4, -0.2) is 47.8 Å². The zero-order valence-corrected chi connectivity index (χ0v) is 15.3. The monoisotopic (exact) mass is 368 g/mol. The van der Waals surface area contributed by atoms with Crippen LogP contribution in [0.2, 0.25) is 0 Å². The molecule has 1 saturated carbocycles. The minimum absolute atomic E-state index is 0.405. The normalized spacial score (nSPS) is 19.1. The molecule has 27 heavy (non-hydrogen) atoms. The lowest BCUT2D eigenvalue weighted by atomic mass is 10.1. The first-order valence-corrected chi connectivity index (χ1v) is 9.83. The Labute approximate surface area is 157 Å². The van der Waals surface area contributed by atoms with Gasteiger partial charge in [-0.15, -0.1) is 5.10 Å². The van der Waals surface area contributed by atoms with E-state index in [1.165, 1.54) is 12.8 Å². The maximum Gasteiger partial charge on any atom is 0.229 e. The van der Waals surface area contributed by atoms with E-state index in [4.69, 9.17) is 4.52 Å². The summed E-state index contributed by atoms with van der Waals surface area (Å²) in [5, 5.41) is 16.2. The maximum absolute atomic E-state index is 5.49. The van der Waals surface area contributed by atoms with Crippen LogP contribution < -0.4 is 5.32 Å². The van der Waals surface area contributed by atoms with Gasteiger partial charge in [0.15, 0.2) is 11.6 Å². The van der Waals surface area contributed by atoms with E-state index in [0.29, 0.717) is 24.3 Å². The predicted molar refractivity (Wildman–Crippen MR) is 97.0 cm³/mol. The zero-order chi connectivity index (χ0) is 18.1. The molecule has 0 aromatic carbocycles. The Balaban J connectivity index is 1.33. The van der Waals surface area contributed by atoms with Crippen LogP contribution in [0, 0.1) is 0 Å². The Kier molecular flexibility index (Phi) is 4.44. The molecule has 1 N–H and O–H groups in total. The van der Waals surface area contributed by atoms with Crippen molar-refractivity contribution in [1.82, 2.24) is 40.0 Å². The molecular weight excluding hydrogens is 344 g/mol. The number of rotatable bonds is 5. The van der Waals surface area contributed by atoms with Crippen molar-refractivity contribution >= 4 is 0 Å². The Morgan fingerprint density at radius 1 is 1.15 bits per heavy atom. The fourth-order valence-corrected chi connectivity index (χ4v) is 4.12. The summed E-state index contributed by atoms with van der Waals surface area (Å²) in [6, 6.07) is 0.405. The van der Waals surface area contributed by atoms with Crippen LogP contribution in [0.25, 0.3) is 11.5 Å². The molecule has 9 nitrogen and oxygen atoms in total. The molecule has 142 valence electrons. The average molecular weight is 368 g/mol. The standard InChI is InChI=1S/C18H24N8O/c1-2-4-13(3-1)18-21-16(23-27-18)12-25-10-9-20-17(25)15-11-26(24-22-15)14-5-7-19-8-6-14/h9-11,13-14,19H,1-8,12H2. The van der Waals surface area contributed by atoms with Gasteiger partial charge in [0.2, 0.25) is 5.89 Å². The minimum atomic E-state index is 0.405. The van der Waals surface area contributed by atoms with Gasteiger partial charge in [0.1, 0.15) is 5.69 Å². The highest BCUT2D eigenvalue weighted by Crippen LogP contribution is 2.33. The van der Waals surface area contributed by atoms with Gasteiger partial charge in [-0.1, -0.05) is 23.2 Å². The van der Waals surface area contributed by atoms with Gasteiger partial charge in [-0.2, -0.15) is 4.98 Å². The molecule has 4 heterocycles. The highest BCUT2D eigenvalue weighted by atomic mass is 16.5. The molecule has 3 aromatic rings. The third-order valence-electron chi connectivity index (χ3n) is 5.64. The molecule has 0 spiro atoms. The van der Waals surface area contributed by atoms with Crippen LogP contribution in [-0.2, 0) is 6.54 Å². The number of piperidine rings is 1. The number of aromatic nitrogens is 7. The summed E-state index contributed by atoms with van der Waals surface area (Å²) in [4.78, 5) is 9.08. The van der Waals surface area contributed by atoms with Crippen molar-refractivity contribution in [2.75, 3.05) is 13.1 Å². The first-order valence-electron chi connectivity index (χ1n) is 9.83. The van der Waals surface area contributed by atoms with Gasteiger partial charge in [0, 0.05) is 18.3 Å². The van der Waals surface area contributed by atoms with Crippen LogP contribution in [0.1, 0.15) is 62.2 Å². The van der Waals surface area contributed by atoms with Crippen molar-refractivity contribution in [3.8, 4) is 11.5 Å². The zero-order valence-electron chi connectivity index (χ0n) is 15.3. The third-order valence-corrected chi connectivity index (χ3v) is 5.64. The Morgan fingerprint density at radius 2 is 2.00 bits per heavy atom. The lowest BCUT2D eigenvalue weighted by Crippen LogP contribution is -2.29. The van der Waals surface area contributed by atoms with Crippen molar-refractivity contribution in [3.05, 3.63) is 30.3 Å². The van der Waals surface area contributed by atoms with Gasteiger partial charge >= 0.3 is 0 Å². The summed E-state index contributed by atoms with van der Waals surface area (Å²) in [6.07, 6.45) is 12.6. The molecule has 0 radical (unpaired) electrons. The molecule has 0 atom stereocenters. The molecule has 0 amide bonds. The molecule has 2 aliphatic rings. The van der Waals surface area contributed by atoms with E-state index in [1.54, 1.807) is 6.20 Å². The smallest absolute Gasteiger partial charge is 0.229 e. The van der Waals surface area contributed by atoms with Gasteiger partial charge in [-0.25, -0.2) is 9.67 Å². The van der Waals surface area contributed by atoms with Crippen molar-refractivity contribution in [1.29, 1.82) is 0 Å². The van der Waals surface area contributed by atoms with Gasteiger partial charge in [-0.3, -0.25) is 0 Å². The first-order chi connectivity index (χ1) is 13.4. The number of nitrogens with one attached hydrogen (secondary N) is 1. The predicted octanol–water partition coefficient (Wildman–Crippen LogP) is 2.15. The van der Waals surface area contributed by atoms with E-state index >= 15 is 0 Å². The van der Waals surface area contributed by atoms with Crippen molar-refractivity contribution in [2.45, 2.75) is 57.0 Å². The molecule has 9 heteroatoms. The van der Waals surface area contributed by atoms with Crippen molar-refractivity contribution in [2.24, 2.45) is 0 Å². The second kappa shape index (κ2) is 7.22. The second-order valence-electron chi connectivity index (χ2n) is 7.47. The molecular formula is C18H24N8O. The van der Waals surface area contributed by atoms with Crippen LogP contribution >= 0.6 is 0 Å². The number of hydrogen-bond donors (Lipinski definition) is 1. The van der Waals surface area contributed by atoms with E-state index in [9.17, 15) is 0 Å². The molecule has 3 aromatic heterocycles. The van der Waals surface area contributed by atoms with Crippen LogP contribution in [0.5, 0.6) is 0 Å². The van der Waals surface area contributed by atoms with Crippen LogP contribution in [0.4, 0.5) is 0 Å². The number of imidazole rings is 1. The molecule has 5 rings (SSSR count). The Bertz CT molecular complexity index is 885. The van der Waals surface area contributed by atoms with E-state index in [-0.39, 0.29) is 0 Å². The molecule has 0 bridgehead atoms. The molecule has 2 fully saturated rings. The van der Waals surface area contributed by atoms with Gasteiger partial charge < -0.3 is 14.4 Å². The summed E-state index contributed by atoms with van der Waals surface area (Å²) < 4.78 is 9.47. The minimum Gasteiger partial charge on any atom is -0.339 e. The number of nitrogens with zero attached hydrogens (tertiary/aromatic N) is 7. The van der Waals surface area contributed by atoms with Crippen LogP contribution in [0.3, 0.4) is 0 Å². The van der Waals surface area contributed by atoms with Crippen LogP contribution in [0.15, 0.2) is 23.1 Å². The summed E-state index contributed by atoms with van der Waals surface area (Å²) >= 11 is 0. The highest BCUT2D eigenvalue weighted by Gasteiger charge is 2.23. The summed E-state index contributed by atoms with van der Waals surface area (Å²) in [6.45, 7) is 2.57. The summed E-state index contributed by atoms with van der Waals surface area (Å²) in [5.41, 5.74) is 0.776. The molecule has 1 saturated heterocycles. The lowest BCUT2D eigenvalue weighted by Gasteiger charge is -2.22. The van der Waals surface area contributed by atoms with E-state index < -0.39 is 0 Å². The Hall–Kier alpha value is -2.55. The van der Waals surface area contributed by atoms with Crippen molar-refractivity contribution in [3.63, 3.8) is 0 Å². The first kappa shape index (κ1) is 16.6. The Morgan fingerprint density at radius 3 is 2.85 bits per heavy atom. The second-order valence-corrected chi connectivity index (χ2v) is 7.47. The summed E-state index contributed by atoms with van der Waals surface area (Å²) in [5.74, 6) is 2.67. The molecule has 1 aliphatic heterocycles. The quantitative estimate of drug-likeness (QED) is 0.736. The third kappa shape index (κ3) is 3.39. The van der Waals surface area contributed by atoms with Gasteiger partial charge in [0.05, 0.1) is 18.8 Å². The highest BCUT2D eigenvalue weighted by molar-refractivity contribution is 5.47. The SMILES string of the molecule is c1cn(Cc2noc(C3CCCC3)n2)c(-c2cn(C3CCNCC3)nn2)n1. The largest absolute Gasteiger partial charge is 0.339 e. The average Bonchev–Trinajstić information content (AvgIpc) is 3.48. The molecule has 0 unspecified atom stereocenters. The fourth-order valence-electron chi connectivity index (χ4n) is 4.12. The summed E-state index contributed by atoms with van der Waals surface area (Å²) in [7, 11) is 0. The maximum atomic E-state index is 5.49. The van der Waals surface area contributed by atoms with Gasteiger partial charge in [-0.05, 0) is 38.8 Å². The number of hydrogen-bond acceptors (Lipinski definition) is 7. The van der Waals surface area contributed by atoms with Gasteiger partial charge in [0.25, 0.3) is 0 Å².